The molecule has 0 atom stereocenters. The highest BCUT2D eigenvalue weighted by Crippen LogP contribution is 2.45. The van der Waals surface area contributed by atoms with Crippen LogP contribution in [0.15, 0.2) is 283 Å². The van der Waals surface area contributed by atoms with Crippen molar-refractivity contribution >= 4 is 75.0 Å². The summed E-state index contributed by atoms with van der Waals surface area (Å²) in [5.74, 6) is -3.07. The normalized spacial score (nSPS) is 13.5. The van der Waals surface area contributed by atoms with E-state index in [9.17, 15) is 83.2 Å². The van der Waals surface area contributed by atoms with Gasteiger partial charge in [0.2, 0.25) is 0 Å². The number of pyridine rings is 5. The lowest BCUT2D eigenvalue weighted by Gasteiger charge is -2.23. The second-order valence-electron chi connectivity index (χ2n) is 33.5. The van der Waals surface area contributed by atoms with Gasteiger partial charge in [-0.1, -0.05) is 108 Å². The standard InChI is InChI=1S/C25H21ClF2N4O3S.C25H24N4O3S.C24H20F3N5O2S.C24H19F3N4O4S.CH4/c1-15-5-8-17(9-6-15)36(34,35)31-13-11-19-22(18-4-3-12-29-23(18)31)30-32(24(19)33)21-14-16(25(2,27)28)7-10-20(21)26;1-16-7-10-19(11-8-16)33(31,32)28-14-12-21-23(20-5-4-13-26-24(20)28)27-29(25(21)30)22-15-17(2)6-9-18(22)3;1-15-7-9-17(10-8-15)35(33,34)31-14-11-18-16(2)32(23-20(24(25,26)27)6-4-13-29-23)30-21(18)19-5-3-12-28-22(19)31;1-15-4-10-18(11-5-15)36(33,34)30-14-12-20-21(19-3-2-13-28-22(19)30)29-31(23(20)32)16-6-8-17(9-7-16)35-24(25,26)27;/h3-10,12,14,30H,11,13H2,1-2H3;4-11,13,15,27H,12,14H2,1-3H3;3-10,12-13H,11,14H2,1-2H3;2-11,13,29H,12,14H2,1H3;1H4. The van der Waals surface area contributed by atoms with Crippen LogP contribution in [0.1, 0.15) is 86.8 Å². The highest BCUT2D eigenvalue weighted by Gasteiger charge is 2.42. The summed E-state index contributed by atoms with van der Waals surface area (Å²) in [6.07, 6.45) is -1.51. The van der Waals surface area contributed by atoms with Gasteiger partial charge < -0.3 is 4.74 Å². The van der Waals surface area contributed by atoms with Crippen LogP contribution in [-0.2, 0) is 77.9 Å². The summed E-state index contributed by atoms with van der Waals surface area (Å²) in [7, 11) is -15.7. The topological polar surface area (TPSA) is 354 Å². The molecule has 0 unspecified atom stereocenters. The summed E-state index contributed by atoms with van der Waals surface area (Å²) < 4.78 is 228. The number of sulfonamides is 4. The van der Waals surface area contributed by atoms with Gasteiger partial charge in [0.1, 0.15) is 17.0 Å². The number of anilines is 4. The zero-order valence-corrected chi connectivity index (χ0v) is 79.5. The van der Waals surface area contributed by atoms with E-state index in [0.717, 1.165) is 74.9 Å². The molecule has 0 saturated carbocycles. The Kier molecular flexibility index (Phi) is 26.9. The molecule has 4 aliphatic heterocycles. The van der Waals surface area contributed by atoms with Crippen molar-refractivity contribution in [2.24, 2.45) is 0 Å². The van der Waals surface area contributed by atoms with Gasteiger partial charge in [0.15, 0.2) is 29.1 Å². The van der Waals surface area contributed by atoms with Crippen LogP contribution in [-0.4, -0.2) is 130 Å². The first-order valence-corrected chi connectivity index (χ1v) is 49.5. The minimum absolute atomic E-state index is 0. The van der Waals surface area contributed by atoms with Crippen molar-refractivity contribution in [3.8, 4) is 73.7 Å². The molecular weight excluding hydrogens is 1930 g/mol. The van der Waals surface area contributed by atoms with Crippen LogP contribution in [0.25, 0.3) is 67.9 Å². The lowest BCUT2D eigenvalue weighted by atomic mass is 10.1. The summed E-state index contributed by atoms with van der Waals surface area (Å²) in [4.78, 5) is 62.1. The van der Waals surface area contributed by atoms with E-state index in [2.05, 4.69) is 50.1 Å². The number of halogens is 9. The Morgan fingerprint density at radius 2 is 0.716 bits per heavy atom. The van der Waals surface area contributed by atoms with E-state index < -0.39 is 81.0 Å². The maximum Gasteiger partial charge on any atom is 0.573 e. The van der Waals surface area contributed by atoms with Crippen molar-refractivity contribution in [1.82, 2.24) is 64.0 Å². The van der Waals surface area contributed by atoms with Gasteiger partial charge in [-0.2, -0.15) is 18.3 Å². The van der Waals surface area contributed by atoms with Crippen LogP contribution < -0.4 is 38.6 Å². The van der Waals surface area contributed by atoms with Gasteiger partial charge in [0, 0.05) is 120 Å². The monoisotopic (exact) mass is 2020 g/mol. The Bertz CT molecular complexity index is 8220. The van der Waals surface area contributed by atoms with E-state index in [1.807, 2.05) is 59.7 Å². The lowest BCUT2D eigenvalue weighted by Crippen LogP contribution is -2.34. The third-order valence-electron chi connectivity index (χ3n) is 24.0. The van der Waals surface area contributed by atoms with E-state index in [0.29, 0.717) is 78.8 Å². The minimum atomic E-state index is -4.83. The summed E-state index contributed by atoms with van der Waals surface area (Å²) in [5.41, 5.74) is 10.4. The fraction of sp³-hybridized carbons (Fsp3) is 0.202. The molecule has 20 rings (SSSR count). The van der Waals surface area contributed by atoms with Crippen molar-refractivity contribution in [2.75, 3.05) is 43.4 Å². The van der Waals surface area contributed by atoms with Crippen LogP contribution >= 0.6 is 11.6 Å². The molecule has 0 fully saturated rings. The number of fused-ring (bicyclic) bond motifs is 12. The first kappa shape index (κ1) is 99.1. The highest BCUT2D eigenvalue weighted by molar-refractivity contribution is 7.93. The number of ether oxygens (including phenoxy) is 1. The van der Waals surface area contributed by atoms with Crippen LogP contribution in [0.3, 0.4) is 0 Å². The van der Waals surface area contributed by atoms with Gasteiger partial charge in [0.25, 0.3) is 62.7 Å². The molecule has 0 radical (unpaired) electrons. The average Bonchev–Trinajstić information content (AvgIpc) is 1.63. The SMILES string of the molecule is C.Cc1ccc(S(=O)(=O)N2CCc3c([nH]n(-c4cc(C(C)(F)F)ccc4Cl)c3=O)-c3cccnc32)cc1.Cc1ccc(S(=O)(=O)N2CCc3c([nH]n(-c4cc(C)ccc4C)c3=O)-c3cccnc32)cc1.Cc1ccc(S(=O)(=O)N2CCc3c([nH]n(-c4ccc(OC(F)(F)F)cc4)c3=O)-c3cccnc32)cc1.Cc1ccc(S(=O)(=O)N2CCc3c(nn(-c4ncccc4C(F)(F)F)c3C)-c3cccnc32)cc1. The summed E-state index contributed by atoms with van der Waals surface area (Å²) in [6.45, 7) is 13.9. The molecule has 0 saturated heterocycles. The van der Waals surface area contributed by atoms with Crippen molar-refractivity contribution in [2.45, 2.75) is 127 Å². The molecule has 42 heteroatoms. The molecule has 16 aromatic rings. The molecule has 7 aromatic carbocycles. The third-order valence-corrected chi connectivity index (χ3v) is 31.5. The van der Waals surface area contributed by atoms with E-state index in [4.69, 9.17) is 11.6 Å². The molecule has 0 amide bonds. The van der Waals surface area contributed by atoms with Gasteiger partial charge in [-0.3, -0.25) is 29.7 Å². The molecule has 3 N–H and O–H groups in total. The highest BCUT2D eigenvalue weighted by atomic mass is 35.5. The summed E-state index contributed by atoms with van der Waals surface area (Å²) >= 11 is 6.29. The van der Waals surface area contributed by atoms with Crippen molar-refractivity contribution in [3.05, 3.63) is 358 Å². The second kappa shape index (κ2) is 38.3. The number of aromatic nitrogens is 13. The number of aryl methyl sites for hydroxylation is 6. The zero-order valence-electron chi connectivity index (χ0n) is 75.5. The number of benzene rings is 7. The molecule has 0 bridgehead atoms. The lowest BCUT2D eigenvalue weighted by molar-refractivity contribution is -0.274. The van der Waals surface area contributed by atoms with Crippen molar-refractivity contribution in [3.63, 3.8) is 0 Å². The van der Waals surface area contributed by atoms with E-state index in [1.54, 1.807) is 139 Å². The predicted octanol–water partition coefficient (Wildman–Crippen LogP) is 18.5. The molecule has 9 aromatic heterocycles. The molecule has 141 heavy (non-hydrogen) atoms. The predicted molar refractivity (Wildman–Crippen MR) is 518 cm³/mol. The fourth-order valence-corrected chi connectivity index (χ4v) is 22.7. The average molecular weight is 2020 g/mol. The van der Waals surface area contributed by atoms with E-state index in [-0.39, 0.29) is 130 Å². The van der Waals surface area contributed by atoms with Gasteiger partial charge >= 0.3 is 12.5 Å². The maximum atomic E-state index is 14.0. The number of H-pyrrole nitrogens is 3. The Balaban J connectivity index is 0.000000135. The zero-order chi connectivity index (χ0) is 99.8. The molecule has 29 nitrogen and oxygen atoms in total. The number of rotatable bonds is 14. The molecule has 728 valence electrons. The second-order valence-corrected chi connectivity index (χ2v) is 41.3. The molecule has 0 spiro atoms. The van der Waals surface area contributed by atoms with Crippen LogP contribution in [0.4, 0.5) is 58.4 Å². The summed E-state index contributed by atoms with van der Waals surface area (Å²) in [5, 5.41) is 13.8. The number of nitrogens with zero attached hydrogens (tertiary/aromatic N) is 14. The van der Waals surface area contributed by atoms with Gasteiger partial charge in [-0.15, -0.1) is 13.2 Å². The number of nitrogens with one attached hydrogen (secondary N) is 3. The van der Waals surface area contributed by atoms with Gasteiger partial charge in [-0.05, 0) is 237 Å². The third kappa shape index (κ3) is 19.3. The van der Waals surface area contributed by atoms with E-state index in [1.165, 1.54) is 106 Å². The van der Waals surface area contributed by atoms with Crippen molar-refractivity contribution in [1.29, 1.82) is 0 Å². The molecule has 4 aliphatic rings. The Hall–Kier alpha value is -14.9. The molecule has 0 aliphatic carbocycles. The first-order valence-electron chi connectivity index (χ1n) is 43.3. The van der Waals surface area contributed by atoms with Crippen LogP contribution in [0.5, 0.6) is 5.75 Å². The smallest absolute Gasteiger partial charge is 0.406 e. The first-order chi connectivity index (χ1) is 66.4. The largest absolute Gasteiger partial charge is 0.573 e. The van der Waals surface area contributed by atoms with Crippen LogP contribution in [0, 0.1) is 48.5 Å². The Morgan fingerprint density at radius 1 is 0.376 bits per heavy atom. The number of hydrogen-bond acceptors (Lipinski definition) is 18. The number of aromatic amines is 3. The van der Waals surface area contributed by atoms with E-state index >= 15 is 0 Å². The number of alkyl halides is 8. The molecular formula is C99H88ClF8N17O12S4. The van der Waals surface area contributed by atoms with Gasteiger partial charge in [-0.25, -0.2) is 103 Å². The summed E-state index contributed by atoms with van der Waals surface area (Å²) in [6, 6.07) is 56.3. The molecule has 13 heterocycles. The number of hydrogen-bond donors (Lipinski definition) is 3. The minimum Gasteiger partial charge on any atom is -0.406 e. The van der Waals surface area contributed by atoms with Crippen LogP contribution in [0.2, 0.25) is 5.02 Å². The Labute approximate surface area is 808 Å². The maximum absolute atomic E-state index is 14.0. The quantitative estimate of drug-likeness (QED) is 0.0851. The fourth-order valence-electron chi connectivity index (χ4n) is 16.8. The van der Waals surface area contributed by atoms with Gasteiger partial charge in [0.05, 0.1) is 58.7 Å². The Morgan fingerprint density at radius 3 is 1.10 bits per heavy atom. The van der Waals surface area contributed by atoms with Crippen molar-refractivity contribution < 1.29 is 73.5 Å².